The summed E-state index contributed by atoms with van der Waals surface area (Å²) in [5.41, 5.74) is 16.5. The zero-order valence-corrected chi connectivity index (χ0v) is 39.2. The van der Waals surface area contributed by atoms with Crippen LogP contribution in [0.3, 0.4) is 0 Å². The van der Waals surface area contributed by atoms with Crippen LogP contribution in [0.15, 0.2) is 277 Å². The fourth-order valence-electron chi connectivity index (χ4n) is 10.9. The monoisotopic (exact) mass is 919 g/mol. The Labute approximate surface area is 417 Å². The predicted octanol–water partition coefficient (Wildman–Crippen LogP) is 19.3. The first kappa shape index (κ1) is 41.3. The van der Waals surface area contributed by atoms with E-state index in [0.29, 0.717) is 0 Å². The molecule has 0 fully saturated rings. The molecule has 12 aromatic carbocycles. The number of hydrogen-bond acceptors (Lipinski definition) is 3. The minimum atomic E-state index is 0.883. The van der Waals surface area contributed by atoms with Crippen LogP contribution in [0.4, 0.5) is 34.1 Å². The zero-order valence-electron chi connectivity index (χ0n) is 39.2. The Morgan fingerprint density at radius 2 is 0.681 bits per heavy atom. The third kappa shape index (κ3) is 7.00. The molecule has 0 bridgehead atoms. The molecule has 0 aliphatic carbocycles. The number of para-hydroxylation sites is 3. The maximum absolute atomic E-state index is 6.24. The van der Waals surface area contributed by atoms with Crippen molar-refractivity contribution >= 4 is 99.4 Å². The highest BCUT2D eigenvalue weighted by Crippen LogP contribution is 2.45. The highest BCUT2D eigenvalue weighted by atomic mass is 16.3. The number of benzene rings is 12. The molecule has 0 unspecified atom stereocenters. The van der Waals surface area contributed by atoms with Gasteiger partial charge in [-0.25, -0.2) is 0 Å². The first-order chi connectivity index (χ1) is 35.7. The lowest BCUT2D eigenvalue weighted by atomic mass is 9.99. The summed E-state index contributed by atoms with van der Waals surface area (Å²) < 4.78 is 8.62. The summed E-state index contributed by atoms with van der Waals surface area (Å²) in [6.45, 7) is 0. The van der Waals surface area contributed by atoms with Crippen molar-refractivity contribution in [3.63, 3.8) is 0 Å². The van der Waals surface area contributed by atoms with Crippen molar-refractivity contribution in [3.05, 3.63) is 273 Å². The molecule has 338 valence electrons. The van der Waals surface area contributed by atoms with Crippen LogP contribution in [-0.2, 0) is 0 Å². The van der Waals surface area contributed by atoms with Crippen LogP contribution in [0.25, 0.3) is 93.2 Å². The van der Waals surface area contributed by atoms with Crippen LogP contribution in [0.2, 0.25) is 0 Å². The van der Waals surface area contributed by atoms with Gasteiger partial charge in [0.05, 0.1) is 22.4 Å². The van der Waals surface area contributed by atoms with Gasteiger partial charge in [-0.3, -0.25) is 0 Å². The molecule has 0 saturated heterocycles. The zero-order chi connectivity index (χ0) is 47.5. The van der Waals surface area contributed by atoms with Crippen LogP contribution in [0, 0.1) is 0 Å². The van der Waals surface area contributed by atoms with Gasteiger partial charge in [0.2, 0.25) is 0 Å². The maximum Gasteiger partial charge on any atom is 0.135 e. The fraction of sp³-hybridized carbons (Fsp3) is 0. The largest absolute Gasteiger partial charge is 0.456 e. The summed E-state index contributed by atoms with van der Waals surface area (Å²) in [6.07, 6.45) is 0. The molecule has 14 rings (SSSR count). The minimum Gasteiger partial charge on any atom is -0.456 e. The Bertz CT molecular complexity index is 4310. The number of aromatic nitrogens is 1. The van der Waals surface area contributed by atoms with E-state index in [1.54, 1.807) is 0 Å². The Kier molecular flexibility index (Phi) is 9.82. The summed E-state index contributed by atoms with van der Waals surface area (Å²) in [5, 5.41) is 9.45. The van der Waals surface area contributed by atoms with E-state index in [4.69, 9.17) is 4.42 Å². The molecule has 0 amide bonds. The summed E-state index contributed by atoms with van der Waals surface area (Å²) in [5.74, 6) is 0. The smallest absolute Gasteiger partial charge is 0.135 e. The number of nitrogens with zero attached hydrogens (tertiary/aromatic N) is 3. The van der Waals surface area contributed by atoms with Gasteiger partial charge in [0.1, 0.15) is 11.2 Å². The average molecular weight is 920 g/mol. The lowest BCUT2D eigenvalue weighted by molar-refractivity contribution is 0.669. The second kappa shape index (κ2) is 17.1. The van der Waals surface area contributed by atoms with Gasteiger partial charge in [0, 0.05) is 60.8 Å². The molecule has 2 aromatic heterocycles. The van der Waals surface area contributed by atoms with Crippen molar-refractivity contribution in [1.29, 1.82) is 0 Å². The van der Waals surface area contributed by atoms with E-state index in [1.165, 1.54) is 43.4 Å². The summed E-state index contributed by atoms with van der Waals surface area (Å²) in [4.78, 5) is 4.77. The van der Waals surface area contributed by atoms with Crippen molar-refractivity contribution in [3.8, 4) is 27.9 Å². The Morgan fingerprint density at radius 3 is 1.28 bits per heavy atom. The van der Waals surface area contributed by atoms with Crippen LogP contribution in [0.1, 0.15) is 0 Å². The van der Waals surface area contributed by atoms with E-state index in [1.807, 2.05) is 12.1 Å². The van der Waals surface area contributed by atoms with Gasteiger partial charge in [-0.2, -0.15) is 0 Å². The number of hydrogen-bond donors (Lipinski definition) is 0. The van der Waals surface area contributed by atoms with E-state index in [-0.39, 0.29) is 0 Å². The first-order valence-corrected chi connectivity index (χ1v) is 24.6. The van der Waals surface area contributed by atoms with Crippen LogP contribution in [-0.4, -0.2) is 4.57 Å². The van der Waals surface area contributed by atoms with Gasteiger partial charge < -0.3 is 18.8 Å². The van der Waals surface area contributed by atoms with Crippen molar-refractivity contribution < 1.29 is 4.42 Å². The molecule has 0 N–H and O–H groups in total. The number of fused-ring (bicyclic) bond motifs is 8. The number of furan rings is 1. The lowest BCUT2D eigenvalue weighted by Gasteiger charge is -2.27. The highest BCUT2D eigenvalue weighted by molar-refractivity contribution is 6.12. The standard InChI is InChI=1S/C68H45N3O/c1-2-18-52(19-3-1)71-65-24-10-8-22-59(65)61-44-55(40-42-66(61)71)69(63-25-12-16-50-14-4-6-20-57(50)63)53-36-32-48(33-37-53)46-28-30-47(31-29-46)49-34-38-54(39-35-49)70(64-26-13-17-51-15-5-7-21-58(51)64)56-41-43-68-62(45-56)60-23-9-11-27-67(60)72-68/h1-45H. The molecule has 0 atom stereocenters. The molecule has 0 saturated carbocycles. The quantitative estimate of drug-likeness (QED) is 0.144. The molecule has 72 heavy (non-hydrogen) atoms. The van der Waals surface area contributed by atoms with Gasteiger partial charge in [-0.1, -0.05) is 176 Å². The summed E-state index contributed by atoms with van der Waals surface area (Å²) in [6, 6.07) is 98.4. The molecule has 0 aliphatic heterocycles. The van der Waals surface area contributed by atoms with E-state index in [9.17, 15) is 0 Å². The van der Waals surface area contributed by atoms with Gasteiger partial charge >= 0.3 is 0 Å². The SMILES string of the molecule is c1ccc(-n2c3ccccc3c3cc(N(c4ccc(-c5ccc(-c6ccc(N(c7ccc8oc9ccccc9c8c7)c7cccc8ccccc78)cc6)cc5)cc4)c4cccc5ccccc45)ccc32)cc1. The molecule has 0 spiro atoms. The normalized spacial score (nSPS) is 11.6. The third-order valence-corrected chi connectivity index (χ3v) is 14.4. The molecule has 4 nitrogen and oxygen atoms in total. The van der Waals surface area contributed by atoms with E-state index in [0.717, 1.165) is 84.0 Å². The topological polar surface area (TPSA) is 24.6 Å². The molecule has 0 radical (unpaired) electrons. The number of rotatable bonds is 9. The molecule has 0 aliphatic rings. The van der Waals surface area contributed by atoms with E-state index < -0.39 is 0 Å². The lowest BCUT2D eigenvalue weighted by Crippen LogP contribution is -2.10. The van der Waals surface area contributed by atoms with Crippen molar-refractivity contribution in [2.24, 2.45) is 0 Å². The maximum atomic E-state index is 6.24. The first-order valence-electron chi connectivity index (χ1n) is 24.6. The molecular formula is C68H45N3O. The third-order valence-electron chi connectivity index (χ3n) is 14.4. The molecule has 4 heteroatoms. The van der Waals surface area contributed by atoms with E-state index >= 15 is 0 Å². The highest BCUT2D eigenvalue weighted by Gasteiger charge is 2.21. The van der Waals surface area contributed by atoms with Crippen LogP contribution >= 0.6 is 0 Å². The number of anilines is 6. The minimum absolute atomic E-state index is 0.883. The van der Waals surface area contributed by atoms with Gasteiger partial charge in [0.15, 0.2) is 0 Å². The molecule has 14 aromatic rings. The average Bonchev–Trinajstić information content (AvgIpc) is 3.99. The Hall–Kier alpha value is -9.64. The second-order valence-corrected chi connectivity index (χ2v) is 18.5. The van der Waals surface area contributed by atoms with Gasteiger partial charge in [-0.05, 0) is 130 Å². The van der Waals surface area contributed by atoms with Crippen LogP contribution < -0.4 is 9.80 Å². The van der Waals surface area contributed by atoms with Crippen molar-refractivity contribution in [2.45, 2.75) is 0 Å². The molecule has 2 heterocycles. The van der Waals surface area contributed by atoms with Gasteiger partial charge in [-0.15, -0.1) is 0 Å². The predicted molar refractivity (Wildman–Crippen MR) is 303 cm³/mol. The van der Waals surface area contributed by atoms with Crippen LogP contribution in [0.5, 0.6) is 0 Å². The van der Waals surface area contributed by atoms with Crippen molar-refractivity contribution in [2.75, 3.05) is 9.80 Å². The van der Waals surface area contributed by atoms with Crippen molar-refractivity contribution in [1.82, 2.24) is 4.57 Å². The van der Waals surface area contributed by atoms with Gasteiger partial charge in [0.25, 0.3) is 0 Å². The summed E-state index contributed by atoms with van der Waals surface area (Å²) >= 11 is 0. The van der Waals surface area contributed by atoms with E-state index in [2.05, 4.69) is 275 Å². The fourth-order valence-corrected chi connectivity index (χ4v) is 10.9. The summed E-state index contributed by atoms with van der Waals surface area (Å²) in [7, 11) is 0. The Balaban J connectivity index is 0.800. The second-order valence-electron chi connectivity index (χ2n) is 18.5. The molecular weight excluding hydrogens is 875 g/mol. The Morgan fingerprint density at radius 1 is 0.264 bits per heavy atom.